The van der Waals surface area contributed by atoms with Gasteiger partial charge in [0.2, 0.25) is 0 Å². The molecular weight excluding hydrogens is 268 g/mol. The van der Waals surface area contributed by atoms with Crippen molar-refractivity contribution < 1.29 is 9.59 Å². The first-order chi connectivity index (χ1) is 9.72. The van der Waals surface area contributed by atoms with E-state index in [0.29, 0.717) is 22.3 Å². The smallest absolute Gasteiger partial charge is 0.194 e. The number of carbonyl (C=O) groups is 2. The number of fused-ring (bicyclic) bond motifs is 2. The number of rotatable bonds is 0. The molecule has 0 spiro atoms. The Labute approximate surface area is 121 Å². The molecule has 2 aromatic carbocycles. The third kappa shape index (κ3) is 1.95. The highest BCUT2D eigenvalue weighted by molar-refractivity contribution is 7.82. The molecule has 0 atom stereocenters. The number of benzene rings is 2. The van der Waals surface area contributed by atoms with E-state index in [0.717, 1.165) is 17.3 Å². The van der Waals surface area contributed by atoms with Crippen LogP contribution in [0, 0.1) is 11.2 Å². The van der Waals surface area contributed by atoms with Gasteiger partial charge < -0.3 is 0 Å². The number of hydrogen-bond acceptors (Lipinski definition) is 2. The van der Waals surface area contributed by atoms with Crippen LogP contribution in [0.5, 0.6) is 0 Å². The van der Waals surface area contributed by atoms with Crippen LogP contribution in [0.2, 0.25) is 0 Å². The van der Waals surface area contributed by atoms with Gasteiger partial charge in [0.15, 0.2) is 16.8 Å². The zero-order valence-corrected chi connectivity index (χ0v) is 11.7. The van der Waals surface area contributed by atoms with Gasteiger partial charge in [0.1, 0.15) is 6.26 Å². The van der Waals surface area contributed by atoms with Crippen LogP contribution in [0.15, 0.2) is 42.5 Å². The van der Waals surface area contributed by atoms with E-state index >= 15 is 0 Å². The molecule has 3 rings (SSSR count). The summed E-state index contributed by atoms with van der Waals surface area (Å²) in [5.41, 5.74) is 2.64. The monoisotopic (exact) mass is 279 g/mol. The Morgan fingerprint density at radius 2 is 1.45 bits per heavy atom. The van der Waals surface area contributed by atoms with Gasteiger partial charge in [-0.05, 0) is 24.1 Å². The minimum Gasteiger partial charge on any atom is -0.289 e. The van der Waals surface area contributed by atoms with Crippen LogP contribution in [0.3, 0.4) is 0 Å². The summed E-state index contributed by atoms with van der Waals surface area (Å²) in [7, 11) is 0. The van der Waals surface area contributed by atoms with Crippen molar-refractivity contribution in [2.75, 3.05) is 6.26 Å². The molecule has 0 aliphatic heterocycles. The molecule has 0 aromatic heterocycles. The van der Waals surface area contributed by atoms with Crippen LogP contribution in [-0.2, 0) is 11.8 Å². The number of carbonyl (C=O) groups excluding carboxylic acids is 2. The molecule has 1 aliphatic rings. The topological polar surface area (TPSA) is 34.1 Å². The third-order valence-electron chi connectivity index (χ3n) is 3.24. The standard InChI is InChI=1S/C17H10O2S/c1-20-9-8-11-6-7-14-15(10-11)17(19)13-5-3-2-4-12(13)16(14)18/h2-7,10H,1H3/p+1. The van der Waals surface area contributed by atoms with Gasteiger partial charge >= 0.3 is 0 Å². The number of ketones is 2. The van der Waals surface area contributed by atoms with E-state index in [9.17, 15) is 9.59 Å². The van der Waals surface area contributed by atoms with Gasteiger partial charge in [0.05, 0.1) is 11.8 Å². The summed E-state index contributed by atoms with van der Waals surface area (Å²) in [6, 6.07) is 12.1. The van der Waals surface area contributed by atoms with Crippen molar-refractivity contribution in [3.63, 3.8) is 0 Å². The summed E-state index contributed by atoms with van der Waals surface area (Å²) in [5, 5.41) is 2.94. The molecule has 3 heteroatoms. The predicted octanol–water partition coefficient (Wildman–Crippen LogP) is 2.22. The van der Waals surface area contributed by atoms with Gasteiger partial charge in [-0.3, -0.25) is 9.59 Å². The van der Waals surface area contributed by atoms with Crippen LogP contribution in [-0.4, -0.2) is 17.8 Å². The molecule has 0 amide bonds. The van der Waals surface area contributed by atoms with Gasteiger partial charge in [-0.25, -0.2) is 0 Å². The Kier molecular flexibility index (Phi) is 3.17. The number of hydrogen-bond donors (Lipinski definition) is 0. The molecule has 0 fully saturated rings. The highest BCUT2D eigenvalue weighted by Gasteiger charge is 2.29. The molecule has 0 saturated carbocycles. The fraction of sp³-hybridized carbons (Fsp3) is 0.0588. The molecule has 0 bridgehead atoms. The third-order valence-corrected chi connectivity index (χ3v) is 3.57. The van der Waals surface area contributed by atoms with Crippen LogP contribution < -0.4 is 0 Å². The minimum atomic E-state index is -0.104. The van der Waals surface area contributed by atoms with Crippen molar-refractivity contribution in [1.82, 2.24) is 0 Å². The summed E-state index contributed by atoms with van der Waals surface area (Å²) < 4.78 is 0. The zero-order valence-electron chi connectivity index (χ0n) is 10.8. The molecule has 0 saturated heterocycles. The fourth-order valence-electron chi connectivity index (χ4n) is 2.30. The normalized spacial score (nSPS) is 12.2. The Morgan fingerprint density at radius 1 is 0.850 bits per heavy atom. The first-order valence-corrected chi connectivity index (χ1v) is 7.49. The Hall–Kier alpha value is -2.31. The summed E-state index contributed by atoms with van der Waals surface area (Å²) in [4.78, 5) is 24.9. The first-order valence-electron chi connectivity index (χ1n) is 6.14. The minimum absolute atomic E-state index is 0.0941. The maximum absolute atomic E-state index is 12.5. The summed E-state index contributed by atoms with van der Waals surface area (Å²) in [6.45, 7) is 0. The summed E-state index contributed by atoms with van der Waals surface area (Å²) >= 11 is 0.975. The van der Waals surface area contributed by atoms with Crippen molar-refractivity contribution >= 4 is 23.3 Å². The second kappa shape index (κ2) is 4.99. The first kappa shape index (κ1) is 12.7. The molecule has 2 nitrogen and oxygen atoms in total. The van der Waals surface area contributed by atoms with Gasteiger partial charge in [-0.15, -0.1) is 0 Å². The molecule has 96 valence electrons. The highest BCUT2D eigenvalue weighted by Crippen LogP contribution is 2.27. The molecule has 0 heterocycles. The van der Waals surface area contributed by atoms with Gasteiger partial charge in [-0.2, -0.15) is 0 Å². The molecule has 1 aliphatic carbocycles. The summed E-state index contributed by atoms with van der Waals surface area (Å²) in [6.07, 6.45) is 1.94. The van der Waals surface area contributed by atoms with Crippen molar-refractivity contribution in [1.29, 1.82) is 0 Å². The molecule has 0 N–H and O–H groups in total. The van der Waals surface area contributed by atoms with E-state index in [4.69, 9.17) is 0 Å². The van der Waals surface area contributed by atoms with Crippen LogP contribution in [0.4, 0.5) is 0 Å². The summed E-state index contributed by atoms with van der Waals surface area (Å²) in [5.74, 6) is 2.78. The van der Waals surface area contributed by atoms with Crippen molar-refractivity contribution in [2.45, 2.75) is 0 Å². The molecule has 20 heavy (non-hydrogen) atoms. The van der Waals surface area contributed by atoms with Gasteiger partial charge in [-0.1, -0.05) is 24.3 Å². The van der Waals surface area contributed by atoms with Crippen LogP contribution in [0.25, 0.3) is 0 Å². The lowest BCUT2D eigenvalue weighted by Crippen LogP contribution is -2.20. The average Bonchev–Trinajstić information content (AvgIpc) is 2.50. The van der Waals surface area contributed by atoms with E-state index in [1.54, 1.807) is 42.5 Å². The van der Waals surface area contributed by atoms with Crippen LogP contribution in [0.1, 0.15) is 37.4 Å². The van der Waals surface area contributed by atoms with E-state index < -0.39 is 0 Å². The largest absolute Gasteiger partial charge is 0.289 e. The van der Waals surface area contributed by atoms with Crippen molar-refractivity contribution in [3.05, 3.63) is 70.3 Å². The molecule has 0 radical (unpaired) electrons. The maximum atomic E-state index is 12.5. The average molecular weight is 279 g/mol. The zero-order chi connectivity index (χ0) is 14.1. The Balaban J connectivity index is 2.18. The van der Waals surface area contributed by atoms with Crippen molar-refractivity contribution in [2.24, 2.45) is 0 Å². The lowest BCUT2D eigenvalue weighted by atomic mass is 9.83. The fourth-order valence-corrected chi connectivity index (χ4v) is 2.54. The maximum Gasteiger partial charge on any atom is 0.194 e. The van der Waals surface area contributed by atoms with E-state index in [2.05, 4.69) is 11.2 Å². The predicted molar refractivity (Wildman–Crippen MR) is 81.3 cm³/mol. The van der Waals surface area contributed by atoms with Gasteiger partial charge in [0.25, 0.3) is 0 Å². The Bertz CT molecular complexity index is 794. The Morgan fingerprint density at radius 3 is 2.10 bits per heavy atom. The second-order valence-corrected chi connectivity index (χ2v) is 5.10. The lowest BCUT2D eigenvalue weighted by molar-refractivity contribution is 0.0979. The highest BCUT2D eigenvalue weighted by atomic mass is 32.2. The van der Waals surface area contributed by atoms with Crippen LogP contribution >= 0.6 is 0 Å². The SMILES string of the molecule is C[SH+]C#Cc1ccc2c(c1)C(=O)c1ccccc1C2=O. The number of thiol groups is 1. The quantitative estimate of drug-likeness (QED) is 0.359. The van der Waals surface area contributed by atoms with Crippen molar-refractivity contribution in [3.8, 4) is 11.2 Å². The van der Waals surface area contributed by atoms with E-state index in [1.807, 2.05) is 6.26 Å². The second-order valence-electron chi connectivity index (χ2n) is 4.42. The van der Waals surface area contributed by atoms with E-state index in [1.165, 1.54) is 0 Å². The molecular formula is C17H11O2S+. The molecule has 0 unspecified atom stereocenters. The van der Waals surface area contributed by atoms with E-state index in [-0.39, 0.29) is 11.6 Å². The van der Waals surface area contributed by atoms with Gasteiger partial charge in [0, 0.05) is 27.8 Å². The lowest BCUT2D eigenvalue weighted by Gasteiger charge is -2.17. The molecule has 2 aromatic rings.